The zero-order valence-electron chi connectivity index (χ0n) is 12.2. The van der Waals surface area contributed by atoms with Crippen LogP contribution in [0, 0.1) is 0 Å². The van der Waals surface area contributed by atoms with Crippen LogP contribution in [-0.4, -0.2) is 24.9 Å². The van der Waals surface area contributed by atoms with Crippen LogP contribution in [0.4, 0.5) is 0 Å². The molecule has 0 spiro atoms. The Morgan fingerprint density at radius 2 is 2.09 bits per heavy atom. The molecule has 1 N–H and O–H groups in total. The average molecular weight is 293 g/mol. The Morgan fingerprint density at radius 3 is 2.95 bits per heavy atom. The molecule has 0 bridgehead atoms. The van der Waals surface area contributed by atoms with E-state index in [-0.39, 0.29) is 0 Å². The molecule has 0 atom stereocenters. The number of nitrogens with zero attached hydrogens (tertiary/aromatic N) is 4. The number of aromatic amines is 1. The number of hydrogen-bond acceptors (Lipinski definition) is 4. The highest BCUT2D eigenvalue weighted by Gasteiger charge is 2.12. The van der Waals surface area contributed by atoms with Crippen molar-refractivity contribution in [2.75, 3.05) is 0 Å². The van der Waals surface area contributed by atoms with Gasteiger partial charge >= 0.3 is 0 Å². The van der Waals surface area contributed by atoms with Crippen LogP contribution in [-0.2, 0) is 19.9 Å². The summed E-state index contributed by atoms with van der Waals surface area (Å²) in [7, 11) is 1.91. The van der Waals surface area contributed by atoms with Gasteiger partial charge in [-0.1, -0.05) is 23.4 Å². The Morgan fingerprint density at radius 1 is 1.18 bits per heavy atom. The lowest BCUT2D eigenvalue weighted by Gasteiger charge is -1.96. The lowest BCUT2D eigenvalue weighted by molar-refractivity contribution is 0.380. The molecule has 0 amide bonds. The van der Waals surface area contributed by atoms with Crippen molar-refractivity contribution < 1.29 is 4.52 Å². The highest BCUT2D eigenvalue weighted by atomic mass is 16.5. The topological polar surface area (TPSA) is 72.5 Å². The van der Waals surface area contributed by atoms with E-state index < -0.39 is 0 Å². The Bertz CT molecular complexity index is 917. The largest absolute Gasteiger partial charge is 0.361 e. The van der Waals surface area contributed by atoms with Gasteiger partial charge in [-0.3, -0.25) is 4.68 Å². The van der Waals surface area contributed by atoms with Crippen molar-refractivity contribution in [2.45, 2.75) is 12.8 Å². The fourth-order valence-electron chi connectivity index (χ4n) is 2.61. The van der Waals surface area contributed by atoms with Gasteiger partial charge in [0.2, 0.25) is 5.89 Å². The summed E-state index contributed by atoms with van der Waals surface area (Å²) in [5.74, 6) is 1.31. The Kier molecular flexibility index (Phi) is 3.00. The molecule has 1 aromatic carbocycles. The fraction of sp³-hybridized carbons (Fsp3) is 0.188. The standard InChI is InChI=1S/C16H15N5O/c1-21-12(6-7-18-21)9-15-19-16(22-20-15)8-11-10-17-14-5-3-2-4-13(11)14/h2-7,10,17H,8-9H2,1H3. The molecule has 0 radical (unpaired) electrons. The van der Waals surface area contributed by atoms with E-state index in [0.29, 0.717) is 24.6 Å². The van der Waals surface area contributed by atoms with E-state index in [4.69, 9.17) is 4.52 Å². The van der Waals surface area contributed by atoms with E-state index in [9.17, 15) is 0 Å². The van der Waals surface area contributed by atoms with Gasteiger partial charge in [0.15, 0.2) is 5.82 Å². The predicted molar refractivity (Wildman–Crippen MR) is 81.4 cm³/mol. The van der Waals surface area contributed by atoms with Crippen molar-refractivity contribution in [3.05, 3.63) is 65.7 Å². The molecule has 0 unspecified atom stereocenters. The van der Waals surface area contributed by atoms with Crippen LogP contribution in [0.3, 0.4) is 0 Å². The first-order valence-corrected chi connectivity index (χ1v) is 7.13. The van der Waals surface area contributed by atoms with E-state index in [1.807, 2.05) is 36.1 Å². The number of aryl methyl sites for hydroxylation is 1. The second-order valence-electron chi connectivity index (χ2n) is 5.26. The maximum Gasteiger partial charge on any atom is 0.231 e. The van der Waals surface area contributed by atoms with Crippen LogP contribution in [0.15, 0.2) is 47.2 Å². The average Bonchev–Trinajstić information content (AvgIpc) is 3.23. The van der Waals surface area contributed by atoms with Gasteiger partial charge in [0.25, 0.3) is 0 Å². The zero-order valence-corrected chi connectivity index (χ0v) is 12.2. The molecule has 6 heteroatoms. The summed E-state index contributed by atoms with van der Waals surface area (Å²) in [5, 5.41) is 9.39. The summed E-state index contributed by atoms with van der Waals surface area (Å²) in [6, 6.07) is 10.1. The van der Waals surface area contributed by atoms with Crippen LogP contribution in [0.5, 0.6) is 0 Å². The Balaban J connectivity index is 1.56. The molecule has 110 valence electrons. The van der Waals surface area contributed by atoms with Gasteiger partial charge in [-0.25, -0.2) is 0 Å². The second-order valence-corrected chi connectivity index (χ2v) is 5.26. The van der Waals surface area contributed by atoms with E-state index in [1.165, 1.54) is 5.39 Å². The van der Waals surface area contributed by atoms with Gasteiger partial charge in [0.05, 0.1) is 12.8 Å². The first-order valence-electron chi connectivity index (χ1n) is 7.13. The number of rotatable bonds is 4. The molecular formula is C16H15N5O. The summed E-state index contributed by atoms with van der Waals surface area (Å²) in [6.07, 6.45) is 5.01. The van der Waals surface area contributed by atoms with E-state index in [0.717, 1.165) is 16.8 Å². The maximum atomic E-state index is 5.37. The highest BCUT2D eigenvalue weighted by Crippen LogP contribution is 2.20. The summed E-state index contributed by atoms with van der Waals surface area (Å²) in [4.78, 5) is 7.73. The number of nitrogens with one attached hydrogen (secondary N) is 1. The van der Waals surface area contributed by atoms with Crippen molar-refractivity contribution in [1.82, 2.24) is 24.9 Å². The van der Waals surface area contributed by atoms with Crippen LogP contribution >= 0.6 is 0 Å². The summed E-state index contributed by atoms with van der Waals surface area (Å²) in [6.45, 7) is 0. The SMILES string of the molecule is Cn1nccc1Cc1noc(Cc2c[nH]c3ccccc23)n1. The molecule has 0 aliphatic heterocycles. The quantitative estimate of drug-likeness (QED) is 0.627. The van der Waals surface area contributed by atoms with E-state index in [1.54, 1.807) is 6.20 Å². The lowest BCUT2D eigenvalue weighted by Crippen LogP contribution is -2.00. The Hall–Kier alpha value is -2.89. The normalized spacial score (nSPS) is 11.3. The lowest BCUT2D eigenvalue weighted by atomic mass is 10.1. The number of fused-ring (bicyclic) bond motifs is 1. The minimum absolute atomic E-state index is 0.619. The molecule has 6 nitrogen and oxygen atoms in total. The molecule has 0 saturated heterocycles. The van der Waals surface area contributed by atoms with E-state index >= 15 is 0 Å². The number of para-hydroxylation sites is 1. The van der Waals surface area contributed by atoms with Crippen LogP contribution in [0.2, 0.25) is 0 Å². The number of hydrogen-bond donors (Lipinski definition) is 1. The third-order valence-electron chi connectivity index (χ3n) is 3.79. The zero-order chi connectivity index (χ0) is 14.9. The van der Waals surface area contributed by atoms with E-state index in [2.05, 4.69) is 32.4 Å². The van der Waals surface area contributed by atoms with Crippen molar-refractivity contribution in [2.24, 2.45) is 7.05 Å². The van der Waals surface area contributed by atoms with Gasteiger partial charge < -0.3 is 9.51 Å². The molecule has 4 rings (SSSR count). The maximum absolute atomic E-state index is 5.37. The molecule has 0 aliphatic rings. The fourth-order valence-corrected chi connectivity index (χ4v) is 2.61. The van der Waals surface area contributed by atoms with Gasteiger partial charge in [-0.05, 0) is 17.7 Å². The summed E-state index contributed by atoms with van der Waals surface area (Å²) < 4.78 is 7.19. The van der Waals surface area contributed by atoms with Crippen LogP contribution in [0.1, 0.15) is 23.0 Å². The number of benzene rings is 1. The highest BCUT2D eigenvalue weighted by molar-refractivity contribution is 5.83. The monoisotopic (exact) mass is 293 g/mol. The summed E-state index contributed by atoms with van der Waals surface area (Å²) >= 11 is 0. The minimum Gasteiger partial charge on any atom is -0.361 e. The molecule has 3 heterocycles. The minimum atomic E-state index is 0.619. The molecule has 3 aromatic heterocycles. The van der Waals surface area contributed by atoms with Crippen molar-refractivity contribution >= 4 is 10.9 Å². The molecule has 0 fully saturated rings. The third kappa shape index (κ3) is 2.28. The Labute approximate surface area is 126 Å². The van der Waals surface area contributed by atoms with Crippen molar-refractivity contribution in [3.8, 4) is 0 Å². The van der Waals surface area contributed by atoms with Gasteiger partial charge in [-0.2, -0.15) is 10.1 Å². The molecule has 22 heavy (non-hydrogen) atoms. The smallest absolute Gasteiger partial charge is 0.231 e. The van der Waals surface area contributed by atoms with Crippen LogP contribution < -0.4 is 0 Å². The number of H-pyrrole nitrogens is 1. The third-order valence-corrected chi connectivity index (χ3v) is 3.79. The first kappa shape index (κ1) is 12.8. The molecule has 0 saturated carbocycles. The van der Waals surface area contributed by atoms with Gasteiger partial charge in [0, 0.05) is 36.0 Å². The predicted octanol–water partition coefficient (Wildman–Crippen LogP) is 2.47. The second kappa shape index (κ2) is 5.14. The van der Waals surface area contributed by atoms with Gasteiger partial charge in [-0.15, -0.1) is 0 Å². The molecule has 0 aliphatic carbocycles. The van der Waals surface area contributed by atoms with Crippen LogP contribution in [0.25, 0.3) is 10.9 Å². The number of aromatic nitrogens is 5. The van der Waals surface area contributed by atoms with Crippen molar-refractivity contribution in [1.29, 1.82) is 0 Å². The summed E-state index contributed by atoms with van der Waals surface area (Å²) in [5.41, 5.74) is 3.33. The molecule has 4 aromatic rings. The van der Waals surface area contributed by atoms with Gasteiger partial charge in [0.1, 0.15) is 0 Å². The van der Waals surface area contributed by atoms with Crippen molar-refractivity contribution in [3.63, 3.8) is 0 Å². The molecular weight excluding hydrogens is 278 g/mol. The first-order chi connectivity index (χ1) is 10.8.